The lowest BCUT2D eigenvalue weighted by atomic mass is 10.2. The summed E-state index contributed by atoms with van der Waals surface area (Å²) in [5.41, 5.74) is 5.77. The van der Waals surface area contributed by atoms with Gasteiger partial charge in [-0.2, -0.15) is 0 Å². The molecule has 0 aliphatic carbocycles. The number of benzene rings is 2. The van der Waals surface area contributed by atoms with E-state index in [9.17, 15) is 9.59 Å². The molecule has 30 heavy (non-hydrogen) atoms. The average molecular weight is 494 g/mol. The minimum absolute atomic E-state index is 0.0322. The van der Waals surface area contributed by atoms with Gasteiger partial charge >= 0.3 is 0 Å². The van der Waals surface area contributed by atoms with Gasteiger partial charge < -0.3 is 9.47 Å². The molecular formula is C21H24BrN3O4S. The van der Waals surface area contributed by atoms with Crippen LogP contribution >= 0.6 is 28.1 Å². The molecule has 2 rings (SSSR count). The maximum absolute atomic E-state index is 12.3. The lowest BCUT2D eigenvalue weighted by Gasteiger charge is -2.12. The minimum atomic E-state index is -0.419. The highest BCUT2D eigenvalue weighted by atomic mass is 79.9. The normalized spacial score (nSPS) is 10.3. The SMILES string of the molecule is CCOc1ccc(C(=O)NC(=S)NNC(=O)c2ccc(OCC(C)C)cc2)cc1Br. The van der Waals surface area contributed by atoms with Crippen molar-refractivity contribution in [2.75, 3.05) is 13.2 Å². The summed E-state index contributed by atoms with van der Waals surface area (Å²) in [5.74, 6) is 0.931. The molecule has 0 radical (unpaired) electrons. The Kier molecular flexibility index (Phi) is 9.07. The van der Waals surface area contributed by atoms with Crippen LogP contribution in [0.15, 0.2) is 46.9 Å². The monoisotopic (exact) mass is 493 g/mol. The molecule has 9 heteroatoms. The Balaban J connectivity index is 1.84. The Morgan fingerprint density at radius 1 is 1.00 bits per heavy atom. The molecule has 0 spiro atoms. The fourth-order valence-corrected chi connectivity index (χ4v) is 2.91. The molecule has 0 saturated heterocycles. The van der Waals surface area contributed by atoms with E-state index >= 15 is 0 Å². The molecule has 0 aromatic heterocycles. The van der Waals surface area contributed by atoms with Gasteiger partial charge in [0.25, 0.3) is 11.8 Å². The van der Waals surface area contributed by atoms with Crippen LogP contribution in [0.4, 0.5) is 0 Å². The van der Waals surface area contributed by atoms with Crippen molar-refractivity contribution in [1.29, 1.82) is 0 Å². The van der Waals surface area contributed by atoms with Crippen molar-refractivity contribution in [2.45, 2.75) is 20.8 Å². The summed E-state index contributed by atoms with van der Waals surface area (Å²) in [5, 5.41) is 2.47. The number of amides is 2. The summed E-state index contributed by atoms with van der Waals surface area (Å²) in [6.45, 7) is 7.12. The molecule has 0 bridgehead atoms. The highest BCUT2D eigenvalue weighted by Crippen LogP contribution is 2.25. The van der Waals surface area contributed by atoms with E-state index in [2.05, 4.69) is 45.9 Å². The quantitative estimate of drug-likeness (QED) is 0.401. The summed E-state index contributed by atoms with van der Waals surface area (Å²) in [4.78, 5) is 24.5. The average Bonchev–Trinajstić information content (AvgIpc) is 2.72. The number of carbonyl (C=O) groups is 2. The molecule has 0 aliphatic heterocycles. The van der Waals surface area contributed by atoms with Gasteiger partial charge in [-0.1, -0.05) is 13.8 Å². The van der Waals surface area contributed by atoms with Crippen molar-refractivity contribution in [2.24, 2.45) is 5.92 Å². The number of halogens is 1. The van der Waals surface area contributed by atoms with Crippen LogP contribution < -0.4 is 25.6 Å². The predicted octanol–water partition coefficient (Wildman–Crippen LogP) is 3.83. The second kappa shape index (κ2) is 11.5. The van der Waals surface area contributed by atoms with Gasteiger partial charge in [-0.05, 0) is 83.5 Å². The number of nitrogens with one attached hydrogen (secondary N) is 3. The standard InChI is InChI=1S/C21H24BrN3O4S/c1-4-28-18-10-7-15(11-17(18)22)19(26)23-21(30)25-24-20(27)14-5-8-16(9-6-14)29-12-13(2)3/h5-11,13H,4,12H2,1-3H3,(H,24,27)(H2,23,25,26,30). The summed E-state index contributed by atoms with van der Waals surface area (Å²) in [7, 11) is 0. The molecule has 2 aromatic carbocycles. The van der Waals surface area contributed by atoms with Crippen LogP contribution in [0.5, 0.6) is 11.5 Å². The van der Waals surface area contributed by atoms with Crippen molar-refractivity contribution in [3.8, 4) is 11.5 Å². The Morgan fingerprint density at radius 2 is 1.67 bits per heavy atom. The second-order valence-corrected chi connectivity index (χ2v) is 7.93. The van der Waals surface area contributed by atoms with Gasteiger partial charge in [0, 0.05) is 11.1 Å². The van der Waals surface area contributed by atoms with Crippen molar-refractivity contribution >= 4 is 45.1 Å². The van der Waals surface area contributed by atoms with Crippen LogP contribution in [-0.4, -0.2) is 30.1 Å². The molecule has 0 saturated carbocycles. The highest BCUT2D eigenvalue weighted by molar-refractivity contribution is 9.10. The summed E-state index contributed by atoms with van der Waals surface area (Å²) >= 11 is 8.42. The summed E-state index contributed by atoms with van der Waals surface area (Å²) < 4.78 is 11.7. The number of ether oxygens (including phenoxy) is 2. The third-order valence-corrected chi connectivity index (χ3v) is 4.53. The smallest absolute Gasteiger partial charge is 0.269 e. The molecule has 3 N–H and O–H groups in total. The van der Waals surface area contributed by atoms with E-state index < -0.39 is 11.8 Å². The largest absolute Gasteiger partial charge is 0.493 e. The van der Waals surface area contributed by atoms with Crippen molar-refractivity contribution < 1.29 is 19.1 Å². The Labute approximate surface area is 189 Å². The highest BCUT2D eigenvalue weighted by Gasteiger charge is 2.12. The Bertz CT molecular complexity index is 904. The third kappa shape index (κ3) is 7.31. The molecule has 2 aromatic rings. The predicted molar refractivity (Wildman–Crippen MR) is 123 cm³/mol. The van der Waals surface area contributed by atoms with Crippen LogP contribution in [-0.2, 0) is 0 Å². The topological polar surface area (TPSA) is 88.7 Å². The van der Waals surface area contributed by atoms with E-state index in [1.807, 2.05) is 6.92 Å². The van der Waals surface area contributed by atoms with Gasteiger partial charge in [-0.15, -0.1) is 0 Å². The maximum atomic E-state index is 12.3. The fourth-order valence-electron chi connectivity index (χ4n) is 2.27. The minimum Gasteiger partial charge on any atom is -0.493 e. The van der Waals surface area contributed by atoms with Gasteiger partial charge in [0.15, 0.2) is 5.11 Å². The van der Waals surface area contributed by atoms with Crippen molar-refractivity contribution in [3.63, 3.8) is 0 Å². The number of thiocarbonyl (C=S) groups is 1. The first-order chi connectivity index (χ1) is 14.3. The number of rotatable bonds is 7. The molecule has 7 nitrogen and oxygen atoms in total. The fraction of sp³-hybridized carbons (Fsp3) is 0.286. The number of hydrogen-bond donors (Lipinski definition) is 3. The van der Waals surface area contributed by atoms with Gasteiger partial charge in [-0.3, -0.25) is 25.8 Å². The van der Waals surface area contributed by atoms with Crippen LogP contribution in [0.1, 0.15) is 41.5 Å². The van der Waals surface area contributed by atoms with Crippen LogP contribution in [0.3, 0.4) is 0 Å². The molecular weight excluding hydrogens is 470 g/mol. The molecule has 0 aliphatic rings. The zero-order chi connectivity index (χ0) is 22.1. The van der Waals surface area contributed by atoms with E-state index in [0.717, 1.165) is 0 Å². The van der Waals surface area contributed by atoms with Crippen molar-refractivity contribution in [3.05, 3.63) is 58.1 Å². The van der Waals surface area contributed by atoms with Crippen LogP contribution in [0.2, 0.25) is 0 Å². The third-order valence-electron chi connectivity index (χ3n) is 3.71. The van der Waals surface area contributed by atoms with Crippen LogP contribution in [0.25, 0.3) is 0 Å². The van der Waals surface area contributed by atoms with Gasteiger partial charge in [0.1, 0.15) is 11.5 Å². The maximum Gasteiger partial charge on any atom is 0.269 e. The molecule has 160 valence electrons. The molecule has 0 heterocycles. The first-order valence-corrected chi connectivity index (χ1v) is 10.6. The Hall–Kier alpha value is -2.65. The molecule has 0 atom stereocenters. The molecule has 0 fully saturated rings. The Morgan fingerprint density at radius 3 is 2.27 bits per heavy atom. The first kappa shape index (κ1) is 23.6. The second-order valence-electron chi connectivity index (χ2n) is 6.67. The summed E-state index contributed by atoms with van der Waals surface area (Å²) in [6, 6.07) is 11.7. The van der Waals surface area contributed by atoms with Crippen LogP contribution in [0, 0.1) is 5.92 Å². The lowest BCUT2D eigenvalue weighted by Crippen LogP contribution is -2.48. The van der Waals surface area contributed by atoms with E-state index in [0.29, 0.717) is 46.2 Å². The van der Waals surface area contributed by atoms with E-state index in [1.165, 1.54) is 0 Å². The van der Waals surface area contributed by atoms with E-state index in [4.69, 9.17) is 21.7 Å². The van der Waals surface area contributed by atoms with E-state index in [1.54, 1.807) is 42.5 Å². The zero-order valence-electron chi connectivity index (χ0n) is 17.0. The molecule has 0 unspecified atom stereocenters. The molecule has 2 amide bonds. The van der Waals surface area contributed by atoms with E-state index in [-0.39, 0.29) is 5.11 Å². The number of carbonyl (C=O) groups excluding carboxylic acids is 2. The number of hydrazine groups is 1. The zero-order valence-corrected chi connectivity index (χ0v) is 19.4. The van der Waals surface area contributed by atoms with Crippen molar-refractivity contribution in [1.82, 2.24) is 16.2 Å². The first-order valence-electron chi connectivity index (χ1n) is 9.37. The number of hydrogen-bond acceptors (Lipinski definition) is 5. The summed E-state index contributed by atoms with van der Waals surface area (Å²) in [6.07, 6.45) is 0. The van der Waals surface area contributed by atoms with Gasteiger partial charge in [-0.25, -0.2) is 0 Å². The van der Waals surface area contributed by atoms with Gasteiger partial charge in [0.2, 0.25) is 0 Å². The lowest BCUT2D eigenvalue weighted by molar-refractivity contribution is 0.0934. The van der Waals surface area contributed by atoms with Gasteiger partial charge in [0.05, 0.1) is 17.7 Å².